The summed E-state index contributed by atoms with van der Waals surface area (Å²) in [6.45, 7) is -0.712. The number of nitrogens with two attached hydrogens (primary N) is 1. The predicted molar refractivity (Wildman–Crippen MR) is 80.8 cm³/mol. The second kappa shape index (κ2) is 7.21. The Morgan fingerprint density at radius 1 is 1.05 bits per heavy atom. The number of rotatable bonds is 6. The zero-order valence-electron chi connectivity index (χ0n) is 11.9. The van der Waals surface area contributed by atoms with Crippen LogP contribution in [0.5, 0.6) is 0 Å². The molecule has 0 bridgehead atoms. The van der Waals surface area contributed by atoms with Gasteiger partial charge in [-0.3, -0.25) is 14.4 Å². The number of esters is 1. The van der Waals surface area contributed by atoms with Crippen molar-refractivity contribution in [3.63, 3.8) is 0 Å². The van der Waals surface area contributed by atoms with Crippen molar-refractivity contribution in [3.8, 4) is 0 Å². The van der Waals surface area contributed by atoms with E-state index in [1.54, 1.807) is 0 Å². The van der Waals surface area contributed by atoms with E-state index in [1.165, 1.54) is 0 Å². The molecule has 22 heavy (non-hydrogen) atoms. The van der Waals surface area contributed by atoms with Crippen LogP contribution in [0.25, 0.3) is 10.8 Å². The Kier molecular flexibility index (Phi) is 5.08. The molecular formula is C16H16N2O4. The first-order chi connectivity index (χ1) is 10.6. The first kappa shape index (κ1) is 15.5. The maximum absolute atomic E-state index is 11.8. The molecule has 0 unspecified atom stereocenters. The van der Waals surface area contributed by atoms with E-state index in [0.29, 0.717) is 0 Å². The minimum absolute atomic E-state index is 0.0739. The number of fused-ring (bicyclic) bond motifs is 1. The van der Waals surface area contributed by atoms with Gasteiger partial charge in [-0.2, -0.15) is 0 Å². The van der Waals surface area contributed by atoms with E-state index in [-0.39, 0.29) is 13.0 Å². The highest BCUT2D eigenvalue weighted by molar-refractivity contribution is 5.90. The number of benzene rings is 2. The first-order valence-electron chi connectivity index (χ1n) is 6.73. The Hall–Kier alpha value is -2.89. The van der Waals surface area contributed by atoms with Gasteiger partial charge in [0, 0.05) is 0 Å². The standard InChI is InChI=1S/C16H16N2O4/c17-14(19)9-18-15(20)10-22-16(21)8-12-6-3-5-11-4-1-2-7-13(11)12/h1-7H,8-10H2,(H2,17,19)(H,18,20). The van der Waals surface area contributed by atoms with Crippen LogP contribution in [0.4, 0.5) is 0 Å². The highest BCUT2D eigenvalue weighted by Gasteiger charge is 2.10. The summed E-state index contributed by atoms with van der Waals surface area (Å²) in [7, 11) is 0. The Balaban J connectivity index is 1.91. The molecule has 0 fully saturated rings. The molecular weight excluding hydrogens is 284 g/mol. The van der Waals surface area contributed by atoms with Crippen molar-refractivity contribution < 1.29 is 19.1 Å². The molecule has 0 radical (unpaired) electrons. The Bertz CT molecular complexity index is 707. The predicted octanol–water partition coefficient (Wildman–Crippen LogP) is 0.527. The van der Waals surface area contributed by atoms with Crippen molar-refractivity contribution in [2.45, 2.75) is 6.42 Å². The van der Waals surface area contributed by atoms with Crippen LogP contribution in [-0.4, -0.2) is 30.9 Å². The summed E-state index contributed by atoms with van der Waals surface area (Å²) in [5, 5.41) is 4.25. The number of nitrogens with one attached hydrogen (secondary N) is 1. The zero-order chi connectivity index (χ0) is 15.9. The van der Waals surface area contributed by atoms with Crippen LogP contribution in [0.2, 0.25) is 0 Å². The maximum Gasteiger partial charge on any atom is 0.310 e. The second-order valence-corrected chi connectivity index (χ2v) is 4.72. The molecule has 0 saturated carbocycles. The maximum atomic E-state index is 11.8. The lowest BCUT2D eigenvalue weighted by molar-refractivity contribution is -0.147. The first-order valence-corrected chi connectivity index (χ1v) is 6.73. The van der Waals surface area contributed by atoms with Gasteiger partial charge in [-0.05, 0) is 16.3 Å². The van der Waals surface area contributed by atoms with Gasteiger partial charge < -0.3 is 15.8 Å². The molecule has 2 aromatic carbocycles. The monoisotopic (exact) mass is 300 g/mol. The Morgan fingerprint density at radius 3 is 2.55 bits per heavy atom. The van der Waals surface area contributed by atoms with Gasteiger partial charge in [0.1, 0.15) is 0 Å². The summed E-state index contributed by atoms with van der Waals surface area (Å²) in [6, 6.07) is 13.4. The molecule has 0 aromatic heterocycles. The van der Waals surface area contributed by atoms with Crippen molar-refractivity contribution in [2.75, 3.05) is 13.2 Å². The third-order valence-corrected chi connectivity index (χ3v) is 3.04. The fraction of sp³-hybridized carbons (Fsp3) is 0.188. The van der Waals surface area contributed by atoms with Gasteiger partial charge in [0.2, 0.25) is 5.91 Å². The van der Waals surface area contributed by atoms with E-state index in [4.69, 9.17) is 10.5 Å². The normalized spacial score (nSPS) is 10.2. The summed E-state index contributed by atoms with van der Waals surface area (Å²) in [5.41, 5.74) is 5.72. The van der Waals surface area contributed by atoms with E-state index in [9.17, 15) is 14.4 Å². The van der Waals surface area contributed by atoms with E-state index < -0.39 is 24.4 Å². The van der Waals surface area contributed by atoms with Gasteiger partial charge >= 0.3 is 5.97 Å². The Morgan fingerprint density at radius 2 is 1.77 bits per heavy atom. The summed E-state index contributed by atoms with van der Waals surface area (Å²) >= 11 is 0. The van der Waals surface area contributed by atoms with E-state index in [0.717, 1.165) is 16.3 Å². The average molecular weight is 300 g/mol. The molecule has 6 nitrogen and oxygen atoms in total. The molecule has 0 aliphatic rings. The molecule has 2 amide bonds. The minimum atomic E-state index is -0.657. The van der Waals surface area contributed by atoms with Gasteiger partial charge in [0.25, 0.3) is 5.91 Å². The van der Waals surface area contributed by atoms with Gasteiger partial charge in [0.05, 0.1) is 13.0 Å². The molecule has 3 N–H and O–H groups in total. The fourth-order valence-corrected chi connectivity index (χ4v) is 2.04. The van der Waals surface area contributed by atoms with Crippen molar-refractivity contribution >= 4 is 28.6 Å². The van der Waals surface area contributed by atoms with Gasteiger partial charge in [-0.15, -0.1) is 0 Å². The lowest BCUT2D eigenvalue weighted by Crippen LogP contribution is -2.36. The smallest absolute Gasteiger partial charge is 0.310 e. The fourth-order valence-electron chi connectivity index (χ4n) is 2.04. The van der Waals surface area contributed by atoms with Gasteiger partial charge in [0.15, 0.2) is 6.61 Å². The van der Waals surface area contributed by atoms with Crippen molar-refractivity contribution in [3.05, 3.63) is 48.0 Å². The van der Waals surface area contributed by atoms with Crippen LogP contribution in [0.1, 0.15) is 5.56 Å². The van der Waals surface area contributed by atoms with Crippen LogP contribution < -0.4 is 11.1 Å². The largest absolute Gasteiger partial charge is 0.455 e. The third kappa shape index (κ3) is 4.31. The highest BCUT2D eigenvalue weighted by atomic mass is 16.5. The highest BCUT2D eigenvalue weighted by Crippen LogP contribution is 2.19. The van der Waals surface area contributed by atoms with Crippen molar-refractivity contribution in [2.24, 2.45) is 5.73 Å². The molecule has 0 heterocycles. The molecule has 114 valence electrons. The average Bonchev–Trinajstić information content (AvgIpc) is 2.51. The zero-order valence-corrected chi connectivity index (χ0v) is 11.9. The molecule has 2 rings (SSSR count). The van der Waals surface area contributed by atoms with Crippen molar-refractivity contribution in [1.82, 2.24) is 5.32 Å². The third-order valence-electron chi connectivity index (χ3n) is 3.04. The number of ether oxygens (including phenoxy) is 1. The second-order valence-electron chi connectivity index (χ2n) is 4.72. The lowest BCUT2D eigenvalue weighted by Gasteiger charge is -2.07. The van der Waals surface area contributed by atoms with Crippen LogP contribution >= 0.6 is 0 Å². The van der Waals surface area contributed by atoms with E-state index in [2.05, 4.69) is 5.32 Å². The summed E-state index contributed by atoms with van der Waals surface area (Å²) in [4.78, 5) is 33.6. The van der Waals surface area contributed by atoms with Gasteiger partial charge in [-0.1, -0.05) is 42.5 Å². The number of hydrogen-bond donors (Lipinski definition) is 2. The Labute approximate surface area is 127 Å². The summed E-state index contributed by atoms with van der Waals surface area (Å²) in [6.07, 6.45) is 0.0739. The van der Waals surface area contributed by atoms with Crippen LogP contribution in [-0.2, 0) is 25.5 Å². The molecule has 0 spiro atoms. The molecule has 0 aliphatic carbocycles. The SMILES string of the molecule is NC(=O)CNC(=O)COC(=O)Cc1cccc2ccccc12. The number of hydrogen-bond acceptors (Lipinski definition) is 4. The number of carbonyl (C=O) groups excluding carboxylic acids is 3. The summed E-state index contributed by atoms with van der Waals surface area (Å²) < 4.78 is 4.89. The number of amides is 2. The topological polar surface area (TPSA) is 98.5 Å². The molecule has 6 heteroatoms. The van der Waals surface area contributed by atoms with E-state index >= 15 is 0 Å². The van der Waals surface area contributed by atoms with E-state index in [1.807, 2.05) is 42.5 Å². The van der Waals surface area contributed by atoms with Gasteiger partial charge in [-0.25, -0.2) is 0 Å². The number of primary amides is 1. The molecule has 0 aliphatic heterocycles. The van der Waals surface area contributed by atoms with Crippen molar-refractivity contribution in [1.29, 1.82) is 0 Å². The molecule has 2 aromatic rings. The molecule has 0 saturated heterocycles. The minimum Gasteiger partial charge on any atom is -0.455 e. The van der Waals surface area contributed by atoms with Crippen LogP contribution in [0.15, 0.2) is 42.5 Å². The quantitative estimate of drug-likeness (QED) is 0.760. The molecule has 0 atom stereocenters. The summed E-state index contributed by atoms with van der Waals surface area (Å²) in [5.74, 6) is -1.73. The lowest BCUT2D eigenvalue weighted by atomic mass is 10.0. The van der Waals surface area contributed by atoms with Crippen LogP contribution in [0.3, 0.4) is 0 Å². The number of carbonyl (C=O) groups is 3. The van der Waals surface area contributed by atoms with Crippen LogP contribution in [0, 0.1) is 0 Å².